The Balaban J connectivity index is 1.15. The molecule has 152 valence electrons. The number of carbonyl (C=O) groups excluding carboxylic acids is 2. The minimum Gasteiger partial charge on any atom is -0.484 e. The van der Waals surface area contributed by atoms with Crippen molar-refractivity contribution in [1.29, 1.82) is 0 Å². The Morgan fingerprint density at radius 3 is 2.03 bits per heavy atom. The number of rotatable bonds is 7. The second-order valence-electron chi connectivity index (χ2n) is 7.80. The molecule has 0 aliphatic heterocycles. The number of halogens is 2. The van der Waals surface area contributed by atoms with E-state index in [2.05, 4.69) is 10.6 Å². The van der Waals surface area contributed by atoms with E-state index in [1.54, 1.807) is 48.5 Å². The first-order valence-electron chi connectivity index (χ1n) is 9.26. The smallest absolute Gasteiger partial charge is 0.412 e. The largest absolute Gasteiger partial charge is 0.484 e. The van der Waals surface area contributed by atoms with Crippen LogP contribution in [0, 0.1) is 5.41 Å². The molecule has 3 aliphatic carbocycles. The van der Waals surface area contributed by atoms with E-state index in [4.69, 9.17) is 32.7 Å². The summed E-state index contributed by atoms with van der Waals surface area (Å²) in [5.74, 6) is 0.888. The third-order valence-electron chi connectivity index (χ3n) is 5.36. The van der Waals surface area contributed by atoms with Crippen molar-refractivity contribution in [2.75, 3.05) is 13.2 Å². The van der Waals surface area contributed by atoms with Crippen molar-refractivity contribution < 1.29 is 19.1 Å². The minimum absolute atomic E-state index is 0.0396. The van der Waals surface area contributed by atoms with Crippen molar-refractivity contribution in [2.45, 2.75) is 24.8 Å². The van der Waals surface area contributed by atoms with Gasteiger partial charge in [-0.1, -0.05) is 23.2 Å². The van der Waals surface area contributed by atoms with E-state index < -0.39 is 6.09 Å². The fraction of sp³-hybridized carbons (Fsp3) is 0.333. The minimum atomic E-state index is -0.494. The van der Waals surface area contributed by atoms with Crippen LogP contribution in [0.5, 0.6) is 11.5 Å². The Labute approximate surface area is 178 Å². The van der Waals surface area contributed by atoms with E-state index in [1.165, 1.54) is 0 Å². The predicted octanol–water partition coefficient (Wildman–Crippen LogP) is 4.20. The van der Waals surface area contributed by atoms with Gasteiger partial charge in [-0.2, -0.15) is 0 Å². The molecule has 2 N–H and O–H groups in total. The molecule has 3 aliphatic rings. The van der Waals surface area contributed by atoms with Crippen LogP contribution in [0.15, 0.2) is 48.5 Å². The second-order valence-corrected chi connectivity index (χ2v) is 8.67. The number of hydrogen-bond donors (Lipinski definition) is 2. The molecule has 0 unspecified atom stereocenters. The van der Waals surface area contributed by atoms with E-state index in [0.29, 0.717) is 28.1 Å². The Bertz CT molecular complexity index is 896. The summed E-state index contributed by atoms with van der Waals surface area (Å²) in [4.78, 5) is 24.1. The molecule has 3 saturated carbocycles. The Morgan fingerprint density at radius 1 is 0.897 bits per heavy atom. The number of ether oxygens (including phenoxy) is 2. The van der Waals surface area contributed by atoms with Gasteiger partial charge in [-0.3, -0.25) is 4.79 Å². The fourth-order valence-corrected chi connectivity index (χ4v) is 4.49. The van der Waals surface area contributed by atoms with Crippen LogP contribution in [0.1, 0.15) is 19.3 Å². The molecule has 0 spiro atoms. The monoisotopic (exact) mass is 434 g/mol. The highest BCUT2D eigenvalue weighted by Gasteiger charge is 2.68. The van der Waals surface area contributed by atoms with Crippen molar-refractivity contribution in [2.24, 2.45) is 5.41 Å². The molecule has 0 atom stereocenters. The topological polar surface area (TPSA) is 76.7 Å². The van der Waals surface area contributed by atoms with Crippen molar-refractivity contribution in [3.63, 3.8) is 0 Å². The van der Waals surface area contributed by atoms with E-state index in [1.807, 2.05) is 0 Å². The van der Waals surface area contributed by atoms with Gasteiger partial charge in [0.1, 0.15) is 11.5 Å². The van der Waals surface area contributed by atoms with Gasteiger partial charge in [-0.25, -0.2) is 4.79 Å². The highest BCUT2D eigenvalue weighted by Crippen LogP contribution is 2.66. The quantitative estimate of drug-likeness (QED) is 0.684. The van der Waals surface area contributed by atoms with E-state index in [0.717, 1.165) is 19.3 Å². The second kappa shape index (κ2) is 7.76. The molecule has 2 amide bonds. The lowest BCUT2D eigenvalue weighted by molar-refractivity contribution is -0.163. The molecule has 2 aromatic carbocycles. The number of amides is 2. The number of benzene rings is 2. The lowest BCUT2D eigenvalue weighted by Crippen LogP contribution is -2.77. The van der Waals surface area contributed by atoms with Gasteiger partial charge in [0.05, 0.1) is 0 Å². The first-order chi connectivity index (χ1) is 13.9. The van der Waals surface area contributed by atoms with Gasteiger partial charge in [-0.05, 0) is 73.2 Å². The molecule has 0 radical (unpaired) electrons. The van der Waals surface area contributed by atoms with Crippen molar-refractivity contribution in [1.82, 2.24) is 10.6 Å². The molecular weight excluding hydrogens is 415 g/mol. The van der Waals surface area contributed by atoms with Crippen LogP contribution in [-0.2, 0) is 4.79 Å². The Morgan fingerprint density at radius 2 is 1.45 bits per heavy atom. The SMILES string of the molecule is O=C(COc1ccc(Cl)cc1)NC12CC(CNC(=O)Oc3ccc(Cl)cc3)(C1)C2. The van der Waals surface area contributed by atoms with Gasteiger partial charge in [0.15, 0.2) is 6.61 Å². The van der Waals surface area contributed by atoms with Crippen LogP contribution in [0.3, 0.4) is 0 Å². The van der Waals surface area contributed by atoms with Crippen molar-refractivity contribution in [3.8, 4) is 11.5 Å². The van der Waals surface area contributed by atoms with E-state index in [9.17, 15) is 9.59 Å². The zero-order valence-corrected chi connectivity index (χ0v) is 17.1. The van der Waals surface area contributed by atoms with Crippen LogP contribution >= 0.6 is 23.2 Å². The van der Waals surface area contributed by atoms with Gasteiger partial charge in [0.25, 0.3) is 5.91 Å². The highest BCUT2D eigenvalue weighted by molar-refractivity contribution is 6.30. The standard InChI is InChI=1S/C21H20Cl2N2O4/c22-14-1-5-16(6-2-14)28-9-18(26)25-21-10-20(11-21,12-21)13-24-19(27)29-17-7-3-15(23)4-8-17/h1-8H,9-13H2,(H,24,27)(H,25,26). The van der Waals surface area contributed by atoms with Crippen molar-refractivity contribution >= 4 is 35.2 Å². The lowest BCUT2D eigenvalue weighted by atomic mass is 9.39. The molecule has 2 bridgehead atoms. The lowest BCUT2D eigenvalue weighted by Gasteiger charge is -2.70. The summed E-state index contributed by atoms with van der Waals surface area (Å²) in [5.41, 5.74) is -0.120. The first-order valence-corrected chi connectivity index (χ1v) is 10.0. The van der Waals surface area contributed by atoms with Gasteiger partial charge in [0.2, 0.25) is 0 Å². The highest BCUT2D eigenvalue weighted by atomic mass is 35.5. The normalized spacial score (nSPS) is 23.9. The summed E-state index contributed by atoms with van der Waals surface area (Å²) in [7, 11) is 0. The number of carbonyl (C=O) groups is 2. The van der Waals surface area contributed by atoms with Crippen molar-refractivity contribution in [3.05, 3.63) is 58.6 Å². The molecule has 0 aromatic heterocycles. The molecule has 2 aromatic rings. The Kier molecular flexibility index (Phi) is 5.32. The molecule has 6 nitrogen and oxygen atoms in total. The van der Waals surface area contributed by atoms with Crippen LogP contribution in [-0.4, -0.2) is 30.7 Å². The van der Waals surface area contributed by atoms with E-state index >= 15 is 0 Å². The van der Waals surface area contributed by atoms with Gasteiger partial charge in [-0.15, -0.1) is 0 Å². The Hall–Kier alpha value is -2.44. The molecule has 29 heavy (non-hydrogen) atoms. The summed E-state index contributed by atoms with van der Waals surface area (Å²) in [6, 6.07) is 13.5. The van der Waals surface area contributed by atoms with Gasteiger partial charge < -0.3 is 20.1 Å². The first kappa shape index (κ1) is 19.9. The van der Waals surface area contributed by atoms with E-state index in [-0.39, 0.29) is 23.5 Å². The summed E-state index contributed by atoms with van der Waals surface area (Å²) >= 11 is 11.6. The molecule has 5 rings (SSSR count). The number of nitrogens with one attached hydrogen (secondary N) is 2. The summed E-state index contributed by atoms with van der Waals surface area (Å²) in [6.45, 7) is 0.486. The van der Waals surface area contributed by atoms with Gasteiger partial charge in [0, 0.05) is 22.1 Å². The molecule has 8 heteroatoms. The maximum Gasteiger partial charge on any atom is 0.412 e. The summed E-state index contributed by atoms with van der Waals surface area (Å²) in [5, 5.41) is 7.06. The summed E-state index contributed by atoms with van der Waals surface area (Å²) in [6.07, 6.45) is 2.03. The van der Waals surface area contributed by atoms with Crippen LogP contribution < -0.4 is 20.1 Å². The number of hydrogen-bond acceptors (Lipinski definition) is 4. The maximum atomic E-state index is 12.2. The maximum absolute atomic E-state index is 12.2. The average Bonchev–Trinajstić information content (AvgIpc) is 2.64. The summed E-state index contributed by atoms with van der Waals surface area (Å²) < 4.78 is 10.7. The zero-order valence-electron chi connectivity index (χ0n) is 15.5. The van der Waals surface area contributed by atoms with Crippen LogP contribution in [0.25, 0.3) is 0 Å². The molecule has 0 saturated heterocycles. The fourth-order valence-electron chi connectivity index (χ4n) is 4.24. The molecule has 3 fully saturated rings. The molecule has 0 heterocycles. The predicted molar refractivity (Wildman–Crippen MR) is 110 cm³/mol. The molecular formula is C21H20Cl2N2O4. The van der Waals surface area contributed by atoms with Crippen LogP contribution in [0.4, 0.5) is 4.79 Å². The average molecular weight is 435 g/mol. The van der Waals surface area contributed by atoms with Gasteiger partial charge >= 0.3 is 6.09 Å². The van der Waals surface area contributed by atoms with Crippen LogP contribution in [0.2, 0.25) is 10.0 Å². The third kappa shape index (κ3) is 4.60. The zero-order chi connectivity index (χ0) is 20.5. The third-order valence-corrected chi connectivity index (χ3v) is 5.86.